The number of rotatable bonds is 6. The van der Waals surface area contributed by atoms with E-state index in [9.17, 15) is 0 Å². The maximum atomic E-state index is 5.89. The number of hydrogen-bond acceptors (Lipinski definition) is 5. The van der Waals surface area contributed by atoms with Crippen LogP contribution in [-0.2, 0) is 0 Å². The van der Waals surface area contributed by atoms with Gasteiger partial charge < -0.3 is 15.2 Å². The Bertz CT molecular complexity index is 614. The molecule has 0 fully saturated rings. The molecule has 0 radical (unpaired) electrons. The van der Waals surface area contributed by atoms with Gasteiger partial charge in [0.25, 0.3) is 0 Å². The van der Waals surface area contributed by atoms with Gasteiger partial charge in [0.15, 0.2) is 0 Å². The Labute approximate surface area is 137 Å². The second-order valence-corrected chi connectivity index (χ2v) is 6.25. The third-order valence-corrected chi connectivity index (χ3v) is 4.49. The quantitative estimate of drug-likeness (QED) is 0.818. The summed E-state index contributed by atoms with van der Waals surface area (Å²) in [6.45, 7) is 7.05. The molecule has 0 spiro atoms. The second-order valence-electron chi connectivity index (χ2n) is 4.50. The van der Waals surface area contributed by atoms with Crippen LogP contribution in [0, 0.1) is 0 Å². The molecule has 0 aliphatic rings. The Morgan fingerprint density at radius 2 is 1.90 bits per heavy atom. The first-order valence-corrected chi connectivity index (χ1v) is 8.54. The van der Waals surface area contributed by atoms with Gasteiger partial charge in [0.1, 0.15) is 16.5 Å². The summed E-state index contributed by atoms with van der Waals surface area (Å²) in [7, 11) is 0. The summed E-state index contributed by atoms with van der Waals surface area (Å²) in [5.41, 5.74) is 7.68. The first-order chi connectivity index (χ1) is 10.1. The fraction of sp³-hybridized carbons (Fsp3) is 0.400. The number of thiazole rings is 1. The monoisotopic (exact) mass is 370 g/mol. The fourth-order valence-corrected chi connectivity index (χ4v) is 3.11. The van der Waals surface area contributed by atoms with Crippen LogP contribution in [0.25, 0.3) is 11.3 Å². The van der Waals surface area contributed by atoms with E-state index in [1.165, 1.54) is 0 Å². The maximum Gasteiger partial charge on any atom is 0.134 e. The lowest BCUT2D eigenvalue weighted by Gasteiger charge is -2.13. The minimum atomic E-state index is -0.0684. The van der Waals surface area contributed by atoms with Crippen molar-refractivity contribution in [2.24, 2.45) is 5.73 Å². The zero-order valence-electron chi connectivity index (χ0n) is 12.4. The summed E-state index contributed by atoms with van der Waals surface area (Å²) >= 11 is 5.07. The molecule has 2 aromatic rings. The summed E-state index contributed by atoms with van der Waals surface area (Å²) in [5, 5.41) is 2.91. The molecule has 1 aromatic carbocycles. The molecule has 2 N–H and O–H groups in total. The van der Waals surface area contributed by atoms with Gasteiger partial charge in [0.2, 0.25) is 0 Å². The number of hydrogen-bond donors (Lipinski definition) is 1. The number of aromatic nitrogens is 1. The zero-order chi connectivity index (χ0) is 15.4. The van der Waals surface area contributed by atoms with E-state index in [2.05, 4.69) is 20.9 Å². The van der Waals surface area contributed by atoms with Crippen molar-refractivity contribution in [2.45, 2.75) is 26.8 Å². The average Bonchev–Trinajstić information content (AvgIpc) is 2.92. The van der Waals surface area contributed by atoms with Gasteiger partial charge in [0, 0.05) is 10.9 Å². The Kier molecular flexibility index (Phi) is 5.61. The standard InChI is InChI=1S/C15H19BrN2O2S/c1-4-19-13-7-11(16)14(20-5-2)6-10(13)12-8-21-15(18-12)9(3)17/h6-9H,4-5,17H2,1-3H3. The Hall–Kier alpha value is -1.11. The zero-order valence-corrected chi connectivity index (χ0v) is 14.8. The highest BCUT2D eigenvalue weighted by Crippen LogP contribution is 2.39. The van der Waals surface area contributed by atoms with Gasteiger partial charge >= 0.3 is 0 Å². The van der Waals surface area contributed by atoms with Crippen LogP contribution in [0.3, 0.4) is 0 Å². The first-order valence-electron chi connectivity index (χ1n) is 6.87. The third kappa shape index (κ3) is 3.75. The number of nitrogens with two attached hydrogens (primary N) is 1. The molecule has 114 valence electrons. The molecule has 0 saturated heterocycles. The molecule has 4 nitrogen and oxygen atoms in total. The van der Waals surface area contributed by atoms with Crippen LogP contribution >= 0.6 is 27.3 Å². The highest BCUT2D eigenvalue weighted by atomic mass is 79.9. The van der Waals surface area contributed by atoms with E-state index in [0.29, 0.717) is 13.2 Å². The number of benzene rings is 1. The van der Waals surface area contributed by atoms with Crippen molar-refractivity contribution in [3.63, 3.8) is 0 Å². The SMILES string of the molecule is CCOc1cc(-c2csc(C(C)N)n2)c(OCC)cc1Br. The normalized spacial score (nSPS) is 12.2. The van der Waals surface area contributed by atoms with Crippen molar-refractivity contribution in [1.29, 1.82) is 0 Å². The summed E-state index contributed by atoms with van der Waals surface area (Å²) in [5.74, 6) is 1.57. The number of halogens is 1. The van der Waals surface area contributed by atoms with E-state index in [1.807, 2.05) is 38.3 Å². The molecule has 0 saturated carbocycles. The van der Waals surface area contributed by atoms with Crippen molar-refractivity contribution in [3.05, 3.63) is 27.0 Å². The smallest absolute Gasteiger partial charge is 0.134 e. The van der Waals surface area contributed by atoms with E-state index in [1.54, 1.807) is 11.3 Å². The van der Waals surface area contributed by atoms with Gasteiger partial charge in [-0.25, -0.2) is 4.98 Å². The molecule has 2 rings (SSSR count). The van der Waals surface area contributed by atoms with E-state index >= 15 is 0 Å². The highest BCUT2D eigenvalue weighted by Gasteiger charge is 2.16. The molecule has 1 unspecified atom stereocenters. The van der Waals surface area contributed by atoms with Crippen molar-refractivity contribution in [2.75, 3.05) is 13.2 Å². The van der Waals surface area contributed by atoms with Gasteiger partial charge in [-0.15, -0.1) is 11.3 Å². The van der Waals surface area contributed by atoms with Crippen LogP contribution in [-0.4, -0.2) is 18.2 Å². The molecule has 0 aliphatic heterocycles. The van der Waals surface area contributed by atoms with Gasteiger partial charge in [-0.05, 0) is 48.8 Å². The Morgan fingerprint density at radius 3 is 2.48 bits per heavy atom. The molecule has 6 heteroatoms. The Morgan fingerprint density at radius 1 is 1.24 bits per heavy atom. The molecular weight excluding hydrogens is 352 g/mol. The predicted molar refractivity (Wildman–Crippen MR) is 90.2 cm³/mol. The van der Waals surface area contributed by atoms with E-state index in [4.69, 9.17) is 15.2 Å². The van der Waals surface area contributed by atoms with Crippen LogP contribution in [0.1, 0.15) is 31.8 Å². The minimum absolute atomic E-state index is 0.0684. The highest BCUT2D eigenvalue weighted by molar-refractivity contribution is 9.10. The molecule has 1 heterocycles. The predicted octanol–water partition coefficient (Wildman–Crippen LogP) is 4.39. The van der Waals surface area contributed by atoms with Crippen LogP contribution < -0.4 is 15.2 Å². The molecule has 1 atom stereocenters. The summed E-state index contributed by atoms with van der Waals surface area (Å²) in [6, 6.07) is 3.81. The number of ether oxygens (including phenoxy) is 2. The molecule has 0 aliphatic carbocycles. The lowest BCUT2D eigenvalue weighted by atomic mass is 10.1. The first kappa shape index (κ1) is 16.3. The second kappa shape index (κ2) is 7.24. The van der Waals surface area contributed by atoms with Crippen molar-refractivity contribution in [1.82, 2.24) is 4.98 Å². The lowest BCUT2D eigenvalue weighted by Crippen LogP contribution is -2.04. The van der Waals surface area contributed by atoms with Crippen molar-refractivity contribution in [3.8, 4) is 22.8 Å². The Balaban J connectivity index is 2.49. The van der Waals surface area contributed by atoms with Gasteiger partial charge in [0.05, 0.1) is 29.4 Å². The number of nitrogens with zero attached hydrogens (tertiary/aromatic N) is 1. The lowest BCUT2D eigenvalue weighted by molar-refractivity contribution is 0.330. The van der Waals surface area contributed by atoms with Crippen molar-refractivity contribution < 1.29 is 9.47 Å². The molecule has 1 aromatic heterocycles. The fourth-order valence-electron chi connectivity index (χ4n) is 1.90. The van der Waals surface area contributed by atoms with Crippen LogP contribution in [0.15, 0.2) is 22.0 Å². The molecule has 0 amide bonds. The topological polar surface area (TPSA) is 57.4 Å². The van der Waals surface area contributed by atoms with E-state index in [-0.39, 0.29) is 6.04 Å². The van der Waals surface area contributed by atoms with Gasteiger partial charge in [-0.3, -0.25) is 0 Å². The summed E-state index contributed by atoms with van der Waals surface area (Å²) < 4.78 is 12.2. The van der Waals surface area contributed by atoms with Gasteiger partial charge in [-0.2, -0.15) is 0 Å². The minimum Gasteiger partial charge on any atom is -0.493 e. The third-order valence-electron chi connectivity index (χ3n) is 2.82. The largest absolute Gasteiger partial charge is 0.493 e. The summed E-state index contributed by atoms with van der Waals surface area (Å²) in [4.78, 5) is 4.60. The van der Waals surface area contributed by atoms with Gasteiger partial charge in [-0.1, -0.05) is 0 Å². The van der Waals surface area contributed by atoms with E-state index < -0.39 is 0 Å². The van der Waals surface area contributed by atoms with Crippen molar-refractivity contribution >= 4 is 27.3 Å². The molecular formula is C15H19BrN2O2S. The maximum absolute atomic E-state index is 5.89. The average molecular weight is 371 g/mol. The van der Waals surface area contributed by atoms with Crippen LogP contribution in [0.4, 0.5) is 0 Å². The molecule has 21 heavy (non-hydrogen) atoms. The molecule has 0 bridgehead atoms. The van der Waals surface area contributed by atoms with E-state index in [0.717, 1.165) is 32.2 Å². The van der Waals surface area contributed by atoms with Crippen LogP contribution in [0.2, 0.25) is 0 Å². The summed E-state index contributed by atoms with van der Waals surface area (Å²) in [6.07, 6.45) is 0. The van der Waals surface area contributed by atoms with Crippen LogP contribution in [0.5, 0.6) is 11.5 Å².